The molecule has 2 fully saturated rings. The fraction of sp³-hybridized carbons (Fsp3) is 0.647. The molecule has 1 atom stereocenters. The van der Waals surface area contributed by atoms with E-state index in [1.54, 1.807) is 0 Å². The van der Waals surface area contributed by atoms with Crippen molar-refractivity contribution in [1.29, 1.82) is 5.26 Å². The number of hydrogen-bond donors (Lipinski definition) is 0. The van der Waals surface area contributed by atoms with Crippen LogP contribution in [0.3, 0.4) is 0 Å². The Hall–Kier alpha value is -2.40. The predicted molar refractivity (Wildman–Crippen MR) is 89.1 cm³/mol. The van der Waals surface area contributed by atoms with Gasteiger partial charge in [0.25, 0.3) is 0 Å². The van der Waals surface area contributed by atoms with E-state index in [2.05, 4.69) is 37.9 Å². The first-order valence-corrected chi connectivity index (χ1v) is 8.92. The number of aryl methyl sites for hydroxylation is 1. The molecule has 1 saturated carbocycles. The highest BCUT2D eigenvalue weighted by Crippen LogP contribution is 2.41. The molecule has 2 aromatic heterocycles. The van der Waals surface area contributed by atoms with E-state index in [0.717, 1.165) is 57.2 Å². The van der Waals surface area contributed by atoms with Gasteiger partial charge in [-0.1, -0.05) is 12.1 Å². The Morgan fingerprint density at radius 3 is 2.60 bits per heavy atom. The Balaban J connectivity index is 1.42. The van der Waals surface area contributed by atoms with Gasteiger partial charge in [0.15, 0.2) is 5.82 Å². The molecule has 8 heteroatoms. The van der Waals surface area contributed by atoms with Gasteiger partial charge < -0.3 is 13.8 Å². The van der Waals surface area contributed by atoms with E-state index in [1.165, 1.54) is 0 Å². The molecule has 8 nitrogen and oxygen atoms in total. The molecule has 0 radical (unpaired) electrons. The molecule has 0 amide bonds. The van der Waals surface area contributed by atoms with Crippen molar-refractivity contribution in [2.24, 2.45) is 0 Å². The molecule has 1 saturated heterocycles. The van der Waals surface area contributed by atoms with Crippen LogP contribution in [-0.4, -0.2) is 46.2 Å². The van der Waals surface area contributed by atoms with Gasteiger partial charge in [0.05, 0.1) is 6.04 Å². The van der Waals surface area contributed by atoms with Crippen LogP contribution >= 0.6 is 0 Å². The molecule has 0 bridgehead atoms. The SMILES string of the molecule is CCc1noc([C@H](C)N2CCN(c3oc(C4CC4)nc3C#N)CC2)n1. The zero-order valence-corrected chi connectivity index (χ0v) is 14.6. The van der Waals surface area contributed by atoms with Gasteiger partial charge in [-0.3, -0.25) is 4.90 Å². The Morgan fingerprint density at radius 2 is 2.00 bits per heavy atom. The number of rotatable bonds is 5. The average molecular weight is 342 g/mol. The van der Waals surface area contributed by atoms with E-state index in [1.807, 2.05) is 6.92 Å². The lowest BCUT2D eigenvalue weighted by molar-refractivity contribution is 0.162. The fourth-order valence-electron chi connectivity index (χ4n) is 3.17. The second kappa shape index (κ2) is 6.48. The first-order valence-electron chi connectivity index (χ1n) is 8.92. The molecular formula is C17H22N6O2. The van der Waals surface area contributed by atoms with E-state index in [-0.39, 0.29) is 6.04 Å². The largest absolute Gasteiger partial charge is 0.423 e. The molecule has 0 unspecified atom stereocenters. The van der Waals surface area contributed by atoms with Gasteiger partial charge in [0.2, 0.25) is 23.4 Å². The lowest BCUT2D eigenvalue weighted by Crippen LogP contribution is -2.47. The third-order valence-corrected chi connectivity index (χ3v) is 4.96. The Bertz CT molecular complexity index is 779. The Labute approximate surface area is 146 Å². The molecule has 0 aromatic carbocycles. The van der Waals surface area contributed by atoms with Gasteiger partial charge >= 0.3 is 0 Å². The van der Waals surface area contributed by atoms with Crippen molar-refractivity contribution in [2.75, 3.05) is 31.1 Å². The van der Waals surface area contributed by atoms with Gasteiger partial charge in [-0.05, 0) is 19.8 Å². The summed E-state index contributed by atoms with van der Waals surface area (Å²) < 4.78 is 11.3. The molecule has 0 N–H and O–H groups in total. The third kappa shape index (κ3) is 3.12. The minimum atomic E-state index is 0.0853. The van der Waals surface area contributed by atoms with Crippen LogP contribution in [-0.2, 0) is 6.42 Å². The molecule has 132 valence electrons. The number of nitrogens with zero attached hydrogens (tertiary/aromatic N) is 6. The first kappa shape index (κ1) is 16.1. The number of aromatic nitrogens is 3. The molecule has 4 rings (SSSR count). The summed E-state index contributed by atoms with van der Waals surface area (Å²) in [5.41, 5.74) is 0.410. The summed E-state index contributed by atoms with van der Waals surface area (Å²) in [6.07, 6.45) is 3.00. The van der Waals surface area contributed by atoms with E-state index < -0.39 is 0 Å². The van der Waals surface area contributed by atoms with Crippen molar-refractivity contribution >= 4 is 5.88 Å². The summed E-state index contributed by atoms with van der Waals surface area (Å²) in [4.78, 5) is 13.2. The van der Waals surface area contributed by atoms with Crippen LogP contribution in [0.5, 0.6) is 0 Å². The smallest absolute Gasteiger partial charge is 0.243 e. The summed E-state index contributed by atoms with van der Waals surface area (Å²) in [7, 11) is 0. The molecule has 3 heterocycles. The fourth-order valence-corrected chi connectivity index (χ4v) is 3.17. The Morgan fingerprint density at radius 1 is 1.24 bits per heavy atom. The second-order valence-electron chi connectivity index (χ2n) is 6.69. The normalized spacial score (nSPS) is 19.8. The minimum absolute atomic E-state index is 0.0853. The maximum Gasteiger partial charge on any atom is 0.243 e. The molecule has 25 heavy (non-hydrogen) atoms. The van der Waals surface area contributed by atoms with Crippen LogP contribution in [0.2, 0.25) is 0 Å². The Kier molecular flexibility index (Phi) is 4.17. The monoisotopic (exact) mass is 342 g/mol. The maximum atomic E-state index is 9.34. The number of hydrogen-bond acceptors (Lipinski definition) is 8. The van der Waals surface area contributed by atoms with Crippen LogP contribution < -0.4 is 4.90 Å². The van der Waals surface area contributed by atoms with Crippen molar-refractivity contribution in [1.82, 2.24) is 20.0 Å². The molecule has 1 aliphatic heterocycles. The highest BCUT2D eigenvalue weighted by atomic mass is 16.5. The van der Waals surface area contributed by atoms with Gasteiger partial charge in [-0.2, -0.15) is 10.2 Å². The highest BCUT2D eigenvalue weighted by Gasteiger charge is 2.33. The van der Waals surface area contributed by atoms with E-state index >= 15 is 0 Å². The summed E-state index contributed by atoms with van der Waals surface area (Å²) in [5, 5.41) is 13.3. The quantitative estimate of drug-likeness (QED) is 0.816. The van der Waals surface area contributed by atoms with Crippen LogP contribution in [0.15, 0.2) is 8.94 Å². The van der Waals surface area contributed by atoms with Gasteiger partial charge in [-0.15, -0.1) is 0 Å². The second-order valence-corrected chi connectivity index (χ2v) is 6.69. The molecule has 0 spiro atoms. The highest BCUT2D eigenvalue weighted by molar-refractivity contribution is 5.48. The summed E-state index contributed by atoms with van der Waals surface area (Å²) in [6, 6.07) is 2.26. The van der Waals surface area contributed by atoms with Crippen LogP contribution in [0.1, 0.15) is 61.9 Å². The lowest BCUT2D eigenvalue weighted by atomic mass is 10.2. The summed E-state index contributed by atoms with van der Waals surface area (Å²) in [6.45, 7) is 7.35. The third-order valence-electron chi connectivity index (χ3n) is 4.96. The van der Waals surface area contributed by atoms with Crippen LogP contribution in [0.25, 0.3) is 0 Å². The van der Waals surface area contributed by atoms with Gasteiger partial charge in [-0.25, -0.2) is 4.98 Å². The van der Waals surface area contributed by atoms with Crippen molar-refractivity contribution in [3.63, 3.8) is 0 Å². The standard InChI is InChI=1S/C17H22N6O2/c1-3-14-20-15(25-21-14)11(2)22-6-8-23(9-7-22)17-13(10-18)19-16(24-17)12-4-5-12/h11-12H,3-9H2,1-2H3/t11-/m0/s1. The molecular weight excluding hydrogens is 320 g/mol. The van der Waals surface area contributed by atoms with E-state index in [9.17, 15) is 5.26 Å². The van der Waals surface area contributed by atoms with Crippen LogP contribution in [0, 0.1) is 11.3 Å². The zero-order valence-electron chi connectivity index (χ0n) is 14.6. The molecule has 1 aliphatic carbocycles. The predicted octanol–water partition coefficient (Wildman–Crippen LogP) is 2.25. The molecule has 2 aliphatic rings. The van der Waals surface area contributed by atoms with Crippen molar-refractivity contribution in [3.05, 3.63) is 23.3 Å². The summed E-state index contributed by atoms with van der Waals surface area (Å²) in [5.74, 6) is 3.17. The van der Waals surface area contributed by atoms with Crippen LogP contribution in [0.4, 0.5) is 5.88 Å². The van der Waals surface area contributed by atoms with E-state index in [4.69, 9.17) is 8.94 Å². The van der Waals surface area contributed by atoms with Crippen molar-refractivity contribution in [3.8, 4) is 6.07 Å². The lowest BCUT2D eigenvalue weighted by Gasteiger charge is -2.36. The molecule has 2 aromatic rings. The van der Waals surface area contributed by atoms with E-state index in [0.29, 0.717) is 23.4 Å². The maximum absolute atomic E-state index is 9.34. The topological polar surface area (TPSA) is 95.2 Å². The first-order chi connectivity index (χ1) is 12.2. The average Bonchev–Trinajstić information content (AvgIpc) is 3.23. The van der Waals surface area contributed by atoms with Gasteiger partial charge in [0, 0.05) is 38.5 Å². The van der Waals surface area contributed by atoms with Gasteiger partial charge in [0.1, 0.15) is 6.07 Å². The zero-order chi connectivity index (χ0) is 17.4. The van der Waals surface area contributed by atoms with Crippen molar-refractivity contribution in [2.45, 2.75) is 45.1 Å². The number of anilines is 1. The summed E-state index contributed by atoms with van der Waals surface area (Å²) >= 11 is 0. The number of oxazole rings is 1. The minimum Gasteiger partial charge on any atom is -0.423 e. The van der Waals surface area contributed by atoms with Crippen molar-refractivity contribution < 1.29 is 8.94 Å². The number of piperazine rings is 1. The number of nitriles is 1.